The van der Waals surface area contributed by atoms with Crippen molar-refractivity contribution in [2.75, 3.05) is 0 Å². The average molecular weight is 209 g/mol. The normalized spacial score (nSPS) is 10.4. The van der Waals surface area contributed by atoms with E-state index in [1.165, 1.54) is 5.56 Å². The van der Waals surface area contributed by atoms with Crippen molar-refractivity contribution >= 4 is 11.6 Å². The molecule has 0 aromatic carbocycles. The number of hydrogen-bond acceptors (Lipinski definition) is 3. The van der Waals surface area contributed by atoms with Crippen LogP contribution in [0, 0.1) is 0 Å². The van der Waals surface area contributed by atoms with E-state index in [0.717, 1.165) is 13.0 Å². The minimum absolute atomic E-state index is 0.430. The van der Waals surface area contributed by atoms with Gasteiger partial charge in [-0.2, -0.15) is 0 Å². The maximum absolute atomic E-state index is 5.78. The molecule has 4 nitrogen and oxygen atoms in total. The van der Waals surface area contributed by atoms with Gasteiger partial charge >= 0.3 is 0 Å². The number of halogens is 1. The molecule has 0 saturated carbocycles. The first-order valence-electron chi connectivity index (χ1n) is 4.28. The molecule has 14 heavy (non-hydrogen) atoms. The SMILES string of the molecule is Clc1nncn1CCc1ccncc1. The van der Waals surface area contributed by atoms with Crippen molar-refractivity contribution in [2.45, 2.75) is 13.0 Å². The fourth-order valence-corrected chi connectivity index (χ4v) is 1.36. The first-order valence-corrected chi connectivity index (χ1v) is 4.66. The predicted molar refractivity (Wildman–Crippen MR) is 53.0 cm³/mol. The van der Waals surface area contributed by atoms with Crippen molar-refractivity contribution in [3.05, 3.63) is 41.7 Å². The summed E-state index contributed by atoms with van der Waals surface area (Å²) in [7, 11) is 0. The minimum Gasteiger partial charge on any atom is -0.304 e. The van der Waals surface area contributed by atoms with E-state index in [9.17, 15) is 0 Å². The fraction of sp³-hybridized carbons (Fsp3) is 0.222. The highest BCUT2D eigenvalue weighted by Crippen LogP contribution is 2.05. The zero-order chi connectivity index (χ0) is 9.80. The molecule has 0 spiro atoms. The topological polar surface area (TPSA) is 43.6 Å². The lowest BCUT2D eigenvalue weighted by atomic mass is 10.2. The number of aromatic nitrogens is 4. The molecular weight excluding hydrogens is 200 g/mol. The summed E-state index contributed by atoms with van der Waals surface area (Å²) >= 11 is 5.78. The first kappa shape index (κ1) is 9.15. The van der Waals surface area contributed by atoms with Crippen molar-refractivity contribution in [3.8, 4) is 0 Å². The van der Waals surface area contributed by atoms with Gasteiger partial charge in [0.25, 0.3) is 0 Å². The Morgan fingerprint density at radius 3 is 2.71 bits per heavy atom. The fourth-order valence-electron chi connectivity index (χ4n) is 1.19. The zero-order valence-electron chi connectivity index (χ0n) is 7.47. The van der Waals surface area contributed by atoms with E-state index in [2.05, 4.69) is 15.2 Å². The van der Waals surface area contributed by atoms with Gasteiger partial charge in [-0.15, -0.1) is 10.2 Å². The van der Waals surface area contributed by atoms with E-state index in [1.807, 2.05) is 16.7 Å². The van der Waals surface area contributed by atoms with Gasteiger partial charge in [-0.1, -0.05) is 0 Å². The van der Waals surface area contributed by atoms with E-state index < -0.39 is 0 Å². The van der Waals surface area contributed by atoms with Crippen molar-refractivity contribution in [1.82, 2.24) is 19.7 Å². The standard InChI is InChI=1S/C9H9ClN4/c10-9-13-12-7-14(9)6-3-8-1-4-11-5-2-8/h1-2,4-5,7H,3,6H2. The van der Waals surface area contributed by atoms with Crippen LogP contribution in [0.3, 0.4) is 0 Å². The molecule has 0 unspecified atom stereocenters. The number of aryl methyl sites for hydroxylation is 2. The van der Waals surface area contributed by atoms with Crippen LogP contribution in [0.15, 0.2) is 30.9 Å². The molecule has 0 fully saturated rings. The van der Waals surface area contributed by atoms with Crippen LogP contribution in [0.2, 0.25) is 5.28 Å². The second-order valence-corrected chi connectivity index (χ2v) is 3.24. The van der Waals surface area contributed by atoms with Gasteiger partial charge in [0.1, 0.15) is 6.33 Å². The van der Waals surface area contributed by atoms with E-state index in [0.29, 0.717) is 5.28 Å². The van der Waals surface area contributed by atoms with Crippen molar-refractivity contribution in [2.24, 2.45) is 0 Å². The summed E-state index contributed by atoms with van der Waals surface area (Å²) in [5, 5.41) is 7.83. The molecule has 0 bridgehead atoms. The molecule has 2 aromatic heterocycles. The predicted octanol–water partition coefficient (Wildman–Crippen LogP) is 1.57. The van der Waals surface area contributed by atoms with Crippen LogP contribution in [-0.2, 0) is 13.0 Å². The molecule has 2 rings (SSSR count). The highest BCUT2D eigenvalue weighted by Gasteiger charge is 1.99. The third-order valence-electron chi connectivity index (χ3n) is 1.96. The van der Waals surface area contributed by atoms with Gasteiger partial charge in [0.2, 0.25) is 5.28 Å². The molecule has 0 atom stereocenters. The molecule has 5 heteroatoms. The second-order valence-electron chi connectivity index (χ2n) is 2.90. The molecule has 72 valence electrons. The summed E-state index contributed by atoms with van der Waals surface area (Å²) in [6.07, 6.45) is 6.09. The molecular formula is C9H9ClN4. The van der Waals surface area contributed by atoms with Crippen LogP contribution < -0.4 is 0 Å². The Morgan fingerprint density at radius 1 is 1.29 bits per heavy atom. The van der Waals surface area contributed by atoms with Gasteiger partial charge in [-0.3, -0.25) is 4.98 Å². The Morgan fingerprint density at radius 2 is 2.07 bits per heavy atom. The third kappa shape index (κ3) is 2.09. The Labute approximate surface area is 86.6 Å². The lowest BCUT2D eigenvalue weighted by Gasteiger charge is -2.01. The summed E-state index contributed by atoms with van der Waals surface area (Å²) in [5.74, 6) is 0. The Kier molecular flexibility index (Phi) is 2.74. The van der Waals surface area contributed by atoms with Crippen LogP contribution in [0.25, 0.3) is 0 Å². The summed E-state index contributed by atoms with van der Waals surface area (Å²) in [6, 6.07) is 3.97. The van der Waals surface area contributed by atoms with E-state index in [4.69, 9.17) is 11.6 Å². The highest BCUT2D eigenvalue weighted by molar-refractivity contribution is 6.28. The molecule has 0 aliphatic carbocycles. The smallest absolute Gasteiger partial charge is 0.224 e. The number of rotatable bonds is 3. The first-order chi connectivity index (χ1) is 6.86. The van der Waals surface area contributed by atoms with Gasteiger partial charge in [0.05, 0.1) is 0 Å². The minimum atomic E-state index is 0.430. The maximum atomic E-state index is 5.78. The highest BCUT2D eigenvalue weighted by atomic mass is 35.5. The third-order valence-corrected chi connectivity index (χ3v) is 2.25. The molecule has 0 aliphatic rings. The zero-order valence-corrected chi connectivity index (χ0v) is 8.22. The molecule has 0 saturated heterocycles. The molecule has 2 heterocycles. The van der Waals surface area contributed by atoms with Gasteiger partial charge < -0.3 is 4.57 Å². The molecule has 0 radical (unpaired) electrons. The maximum Gasteiger partial charge on any atom is 0.224 e. The summed E-state index contributed by atoms with van der Waals surface area (Å²) in [5.41, 5.74) is 1.23. The largest absolute Gasteiger partial charge is 0.304 e. The summed E-state index contributed by atoms with van der Waals surface area (Å²) in [4.78, 5) is 3.95. The van der Waals surface area contributed by atoms with Gasteiger partial charge in [0.15, 0.2) is 0 Å². The lowest BCUT2D eigenvalue weighted by Crippen LogP contribution is -2.00. The Balaban J connectivity index is 1.99. The molecule has 2 aromatic rings. The van der Waals surface area contributed by atoms with Crippen LogP contribution in [-0.4, -0.2) is 19.7 Å². The van der Waals surface area contributed by atoms with Gasteiger partial charge in [-0.25, -0.2) is 0 Å². The van der Waals surface area contributed by atoms with Crippen molar-refractivity contribution in [1.29, 1.82) is 0 Å². The van der Waals surface area contributed by atoms with Crippen LogP contribution in [0.5, 0.6) is 0 Å². The van der Waals surface area contributed by atoms with Gasteiger partial charge in [-0.05, 0) is 35.7 Å². The Bertz CT molecular complexity index is 398. The van der Waals surface area contributed by atoms with E-state index in [-0.39, 0.29) is 0 Å². The molecule has 0 amide bonds. The van der Waals surface area contributed by atoms with E-state index in [1.54, 1.807) is 18.7 Å². The van der Waals surface area contributed by atoms with Crippen LogP contribution >= 0.6 is 11.6 Å². The average Bonchev–Trinajstić information content (AvgIpc) is 2.63. The number of nitrogens with zero attached hydrogens (tertiary/aromatic N) is 4. The summed E-state index contributed by atoms with van der Waals surface area (Å²) in [6.45, 7) is 0.788. The van der Waals surface area contributed by atoms with Crippen molar-refractivity contribution < 1.29 is 0 Å². The van der Waals surface area contributed by atoms with Crippen molar-refractivity contribution in [3.63, 3.8) is 0 Å². The summed E-state index contributed by atoms with van der Waals surface area (Å²) < 4.78 is 1.81. The molecule has 0 N–H and O–H groups in total. The van der Waals surface area contributed by atoms with E-state index >= 15 is 0 Å². The second kappa shape index (κ2) is 4.19. The van der Waals surface area contributed by atoms with Gasteiger partial charge in [0, 0.05) is 18.9 Å². The molecule has 0 aliphatic heterocycles. The number of pyridine rings is 1. The van der Waals surface area contributed by atoms with Crippen LogP contribution in [0.1, 0.15) is 5.56 Å². The quantitative estimate of drug-likeness (QED) is 0.769. The Hall–Kier alpha value is -1.42. The number of hydrogen-bond donors (Lipinski definition) is 0. The van der Waals surface area contributed by atoms with Crippen LogP contribution in [0.4, 0.5) is 0 Å². The monoisotopic (exact) mass is 208 g/mol. The lowest BCUT2D eigenvalue weighted by molar-refractivity contribution is 0.694.